The zero-order valence-corrected chi connectivity index (χ0v) is 15.5. The van der Waals surface area contributed by atoms with Crippen molar-refractivity contribution in [1.82, 2.24) is 4.90 Å². The average molecular weight is 334 g/mol. The Morgan fingerprint density at radius 1 is 0.800 bits per heavy atom. The van der Waals surface area contributed by atoms with Crippen molar-refractivity contribution in [2.75, 3.05) is 6.54 Å². The summed E-state index contributed by atoms with van der Waals surface area (Å²) in [5.74, 6) is 0.870. The number of fused-ring (bicyclic) bond motifs is 3. The van der Waals surface area contributed by atoms with Gasteiger partial charge in [-0.1, -0.05) is 74.4 Å². The number of benzene rings is 2. The van der Waals surface area contributed by atoms with Gasteiger partial charge in [-0.05, 0) is 61.3 Å². The molecule has 2 bridgehead atoms. The van der Waals surface area contributed by atoms with E-state index in [1.807, 2.05) is 0 Å². The van der Waals surface area contributed by atoms with Crippen LogP contribution >= 0.6 is 0 Å². The van der Waals surface area contributed by atoms with E-state index in [9.17, 15) is 0 Å². The van der Waals surface area contributed by atoms with Gasteiger partial charge < -0.3 is 0 Å². The lowest BCUT2D eigenvalue weighted by molar-refractivity contribution is -0.0148. The maximum Gasteiger partial charge on any atom is 0.0379 e. The molecule has 25 heavy (non-hydrogen) atoms. The summed E-state index contributed by atoms with van der Waals surface area (Å²) < 4.78 is 0. The molecule has 1 nitrogen and oxygen atoms in total. The molecule has 2 aromatic carbocycles. The molecule has 5 rings (SSSR count). The van der Waals surface area contributed by atoms with Crippen LogP contribution in [-0.2, 0) is 0 Å². The van der Waals surface area contributed by atoms with E-state index in [2.05, 4.69) is 66.4 Å². The number of unbranched alkanes of at least 4 members (excludes halogenated alkanes) is 2. The SMILES string of the molecule is CCCCCN1C2CCC(CC2)C1c1ccc(-c2ccccc2)cc1. The second-order valence-corrected chi connectivity index (χ2v) is 7.95. The average Bonchev–Trinajstić information content (AvgIpc) is 2.70. The summed E-state index contributed by atoms with van der Waals surface area (Å²) in [7, 11) is 0. The van der Waals surface area contributed by atoms with Crippen LogP contribution in [0.5, 0.6) is 0 Å². The van der Waals surface area contributed by atoms with Gasteiger partial charge in [-0.3, -0.25) is 4.90 Å². The Bertz CT molecular complexity index is 652. The van der Waals surface area contributed by atoms with Gasteiger partial charge in [0.15, 0.2) is 0 Å². The van der Waals surface area contributed by atoms with E-state index >= 15 is 0 Å². The Hall–Kier alpha value is -1.60. The smallest absolute Gasteiger partial charge is 0.0379 e. The first-order valence-electron chi connectivity index (χ1n) is 10.3. The van der Waals surface area contributed by atoms with E-state index in [0.717, 1.165) is 12.0 Å². The quantitative estimate of drug-likeness (QED) is 0.548. The Morgan fingerprint density at radius 2 is 1.48 bits per heavy atom. The minimum Gasteiger partial charge on any atom is -0.293 e. The number of nitrogens with zero attached hydrogens (tertiary/aromatic N) is 1. The fourth-order valence-electron chi connectivity index (χ4n) is 5.08. The van der Waals surface area contributed by atoms with Crippen molar-refractivity contribution in [1.29, 1.82) is 0 Å². The van der Waals surface area contributed by atoms with Crippen molar-refractivity contribution in [2.45, 2.75) is 64.0 Å². The standard InChI is InChI=1S/C24H31N/c1-2-3-7-18-25-23-16-14-22(15-17-23)24(25)21-12-10-20(11-13-21)19-8-5-4-6-9-19/h4-6,8-13,22-24H,2-3,7,14-18H2,1H3. The first kappa shape index (κ1) is 16.8. The van der Waals surface area contributed by atoms with Gasteiger partial charge >= 0.3 is 0 Å². The van der Waals surface area contributed by atoms with Gasteiger partial charge in [-0.25, -0.2) is 0 Å². The molecule has 1 saturated carbocycles. The summed E-state index contributed by atoms with van der Waals surface area (Å²) in [6, 6.07) is 21.7. The molecule has 3 aliphatic rings. The third-order valence-corrected chi connectivity index (χ3v) is 6.39. The number of rotatable bonds is 6. The van der Waals surface area contributed by atoms with Crippen molar-refractivity contribution in [3.05, 3.63) is 60.2 Å². The first-order chi connectivity index (χ1) is 12.4. The fraction of sp³-hybridized carbons (Fsp3) is 0.500. The van der Waals surface area contributed by atoms with Gasteiger partial charge in [0, 0.05) is 12.1 Å². The topological polar surface area (TPSA) is 3.24 Å². The van der Waals surface area contributed by atoms with Crippen LogP contribution in [0.2, 0.25) is 0 Å². The normalized spacial score (nSPS) is 26.0. The molecule has 3 fully saturated rings. The number of piperidine rings is 2. The molecule has 0 N–H and O–H groups in total. The lowest BCUT2D eigenvalue weighted by atomic mass is 9.72. The van der Waals surface area contributed by atoms with Crippen LogP contribution in [0, 0.1) is 5.92 Å². The van der Waals surface area contributed by atoms with E-state index in [0.29, 0.717) is 6.04 Å². The Kier molecular flexibility index (Phi) is 5.22. The zero-order chi connectivity index (χ0) is 17.1. The van der Waals surface area contributed by atoms with Crippen molar-refractivity contribution < 1.29 is 0 Å². The summed E-state index contributed by atoms with van der Waals surface area (Å²) in [4.78, 5) is 2.87. The minimum absolute atomic E-state index is 0.661. The van der Waals surface area contributed by atoms with Crippen LogP contribution in [0.25, 0.3) is 11.1 Å². The molecule has 2 heterocycles. The van der Waals surface area contributed by atoms with Crippen LogP contribution in [0.4, 0.5) is 0 Å². The van der Waals surface area contributed by atoms with E-state index in [-0.39, 0.29) is 0 Å². The minimum atomic E-state index is 0.661. The molecule has 1 aliphatic carbocycles. The monoisotopic (exact) mass is 333 g/mol. The molecule has 2 aliphatic heterocycles. The third kappa shape index (κ3) is 3.53. The van der Waals surface area contributed by atoms with E-state index in [1.54, 1.807) is 5.56 Å². The summed E-state index contributed by atoms with van der Waals surface area (Å²) >= 11 is 0. The maximum absolute atomic E-state index is 2.87. The Morgan fingerprint density at radius 3 is 2.16 bits per heavy atom. The number of hydrogen-bond donors (Lipinski definition) is 0. The molecule has 0 amide bonds. The molecule has 1 unspecified atom stereocenters. The highest BCUT2D eigenvalue weighted by atomic mass is 15.2. The van der Waals surface area contributed by atoms with E-state index < -0.39 is 0 Å². The van der Waals surface area contributed by atoms with Crippen molar-refractivity contribution >= 4 is 0 Å². The van der Waals surface area contributed by atoms with E-state index in [4.69, 9.17) is 0 Å². The third-order valence-electron chi connectivity index (χ3n) is 6.39. The lowest BCUT2D eigenvalue weighted by Crippen LogP contribution is -2.50. The first-order valence-corrected chi connectivity index (χ1v) is 10.3. The molecule has 1 atom stereocenters. The molecule has 2 aromatic rings. The van der Waals surface area contributed by atoms with Crippen LogP contribution < -0.4 is 0 Å². The molecule has 0 radical (unpaired) electrons. The number of hydrogen-bond acceptors (Lipinski definition) is 1. The van der Waals surface area contributed by atoms with Crippen molar-refractivity contribution in [3.8, 4) is 11.1 Å². The predicted molar refractivity (Wildman–Crippen MR) is 107 cm³/mol. The molecular formula is C24H31N. The summed E-state index contributed by atoms with van der Waals surface area (Å²) in [5, 5.41) is 0. The van der Waals surface area contributed by atoms with Gasteiger partial charge in [0.1, 0.15) is 0 Å². The van der Waals surface area contributed by atoms with Crippen LogP contribution in [0.15, 0.2) is 54.6 Å². The predicted octanol–water partition coefficient (Wildman–Crippen LogP) is 6.46. The second kappa shape index (κ2) is 7.74. The highest BCUT2D eigenvalue weighted by Gasteiger charge is 2.41. The zero-order valence-electron chi connectivity index (χ0n) is 15.5. The van der Waals surface area contributed by atoms with Gasteiger partial charge in [-0.2, -0.15) is 0 Å². The largest absolute Gasteiger partial charge is 0.293 e. The molecule has 2 saturated heterocycles. The van der Waals surface area contributed by atoms with Gasteiger partial charge in [0.05, 0.1) is 0 Å². The lowest BCUT2D eigenvalue weighted by Gasteiger charge is -2.52. The van der Waals surface area contributed by atoms with Gasteiger partial charge in [0.25, 0.3) is 0 Å². The molecule has 132 valence electrons. The second-order valence-electron chi connectivity index (χ2n) is 7.95. The fourth-order valence-corrected chi connectivity index (χ4v) is 5.08. The highest BCUT2D eigenvalue weighted by molar-refractivity contribution is 5.63. The van der Waals surface area contributed by atoms with E-state index in [1.165, 1.54) is 62.6 Å². The Labute approximate surface area is 153 Å². The van der Waals surface area contributed by atoms with Gasteiger partial charge in [0.2, 0.25) is 0 Å². The van der Waals surface area contributed by atoms with Crippen LogP contribution in [0.1, 0.15) is 63.5 Å². The molecule has 0 spiro atoms. The van der Waals surface area contributed by atoms with Crippen LogP contribution in [0.3, 0.4) is 0 Å². The summed E-state index contributed by atoms with van der Waals surface area (Å²) in [6.07, 6.45) is 9.76. The van der Waals surface area contributed by atoms with Crippen LogP contribution in [-0.4, -0.2) is 17.5 Å². The maximum atomic E-state index is 2.87. The summed E-state index contributed by atoms with van der Waals surface area (Å²) in [5.41, 5.74) is 4.20. The Balaban J connectivity index is 1.55. The summed E-state index contributed by atoms with van der Waals surface area (Å²) in [6.45, 7) is 3.60. The van der Waals surface area contributed by atoms with Gasteiger partial charge in [-0.15, -0.1) is 0 Å². The highest BCUT2D eigenvalue weighted by Crippen LogP contribution is 2.47. The molecular weight excluding hydrogens is 302 g/mol. The van der Waals surface area contributed by atoms with Crippen molar-refractivity contribution in [3.63, 3.8) is 0 Å². The molecule has 0 aromatic heterocycles. The molecule has 1 heteroatoms. The van der Waals surface area contributed by atoms with Crippen molar-refractivity contribution in [2.24, 2.45) is 5.92 Å².